The first kappa shape index (κ1) is 41.9. The van der Waals surface area contributed by atoms with Crippen molar-refractivity contribution in [1.82, 2.24) is 0 Å². The van der Waals surface area contributed by atoms with Crippen molar-refractivity contribution in [2.75, 3.05) is 13.2 Å². The summed E-state index contributed by atoms with van der Waals surface area (Å²) >= 11 is 0. The average molecular weight is 764 g/mol. The molecule has 0 radical (unpaired) electrons. The summed E-state index contributed by atoms with van der Waals surface area (Å²) in [6.45, 7) is 8.69. The number of fused-ring (bicyclic) bond motifs is 5. The van der Waals surface area contributed by atoms with E-state index in [9.17, 15) is 45.7 Å². The molecule has 0 aromatic rings. The van der Waals surface area contributed by atoms with Crippen molar-refractivity contribution >= 4 is 40.0 Å². The zero-order chi connectivity index (χ0) is 38.8. The molecule has 0 heterocycles. The Balaban J connectivity index is 1.41. The summed E-state index contributed by atoms with van der Waals surface area (Å²) in [5.74, 6) is -2.25. The summed E-state index contributed by atoms with van der Waals surface area (Å²) in [6.07, 6.45) is 4.33. The molecule has 0 N–H and O–H groups in total. The van der Waals surface area contributed by atoms with Gasteiger partial charge in [0.2, 0.25) is 0 Å². The Labute approximate surface area is 304 Å². The van der Waals surface area contributed by atoms with Crippen LogP contribution in [0.15, 0.2) is 0 Å². The molecule has 4 rings (SSSR count). The Hall–Kier alpha value is -2.88. The van der Waals surface area contributed by atoms with E-state index >= 15 is 0 Å². The third-order valence-corrected chi connectivity index (χ3v) is 13.6. The quantitative estimate of drug-likeness (QED) is 0.0987. The molecule has 0 aromatic carbocycles. The van der Waals surface area contributed by atoms with Gasteiger partial charge in [0.25, 0.3) is 0 Å². The van der Waals surface area contributed by atoms with Gasteiger partial charge in [0, 0.05) is 44.9 Å². The second-order valence-electron chi connectivity index (χ2n) is 15.9. The lowest BCUT2D eigenvalue weighted by molar-refractivity contribution is -0.224. The maximum absolute atomic E-state index is 13.2. The fourth-order valence-electron chi connectivity index (χ4n) is 10.4. The number of halogens is 2. The molecule has 0 bridgehead atoms. The van der Waals surface area contributed by atoms with E-state index in [0.29, 0.717) is 25.7 Å². The van der Waals surface area contributed by atoms with E-state index in [0.717, 1.165) is 25.7 Å². The number of rotatable bonds is 14. The Bertz CT molecular complexity index is 1470. The van der Waals surface area contributed by atoms with Gasteiger partial charge in [-0.25, -0.2) is 8.42 Å². The SMILES string of the molecule is CC(=O)OC1CC[C@@]2(C)[C@@H](C1)CC(OC(C)=O)[C@@H]1[C@@H]2CC(OC(C)=O)[C@]2(C)[C@@H]([C@H](C)CCC(=O)OCCCC(=O)OCC(F)(F)S(=O)(=O)[O-])CC[C@@H]12. The molecular formula is C36H53F2O13S-. The molecule has 0 spiro atoms. The maximum Gasteiger partial charge on any atom is 0.367 e. The molecule has 0 aromatic heterocycles. The lowest BCUT2D eigenvalue weighted by Crippen LogP contribution is -2.63. The molecule has 0 amide bonds. The van der Waals surface area contributed by atoms with Crippen molar-refractivity contribution in [3.8, 4) is 0 Å². The Morgan fingerprint density at radius 1 is 0.846 bits per heavy atom. The fourth-order valence-corrected chi connectivity index (χ4v) is 10.6. The topological polar surface area (TPSA) is 189 Å². The van der Waals surface area contributed by atoms with Crippen LogP contribution in [0.1, 0.15) is 112 Å². The van der Waals surface area contributed by atoms with E-state index in [1.165, 1.54) is 20.8 Å². The van der Waals surface area contributed by atoms with Gasteiger partial charge in [0.05, 0.1) is 6.61 Å². The maximum atomic E-state index is 13.2. The number of carbonyl (C=O) groups is 5. The van der Waals surface area contributed by atoms with Gasteiger partial charge in [-0.15, -0.1) is 0 Å². The fraction of sp³-hybridized carbons (Fsp3) is 0.861. The number of hydrogen-bond acceptors (Lipinski definition) is 13. The second kappa shape index (κ2) is 16.2. The van der Waals surface area contributed by atoms with Crippen LogP contribution in [0.2, 0.25) is 0 Å². The zero-order valence-corrected chi connectivity index (χ0v) is 31.7. The molecule has 0 aliphatic heterocycles. The third-order valence-electron chi connectivity index (χ3n) is 12.8. The van der Waals surface area contributed by atoms with E-state index in [1.54, 1.807) is 0 Å². The summed E-state index contributed by atoms with van der Waals surface area (Å²) in [7, 11) is -5.98. The third kappa shape index (κ3) is 9.07. The van der Waals surface area contributed by atoms with Crippen molar-refractivity contribution in [2.45, 2.75) is 136 Å². The average Bonchev–Trinajstić information content (AvgIpc) is 3.39. The summed E-state index contributed by atoms with van der Waals surface area (Å²) in [6, 6.07) is 0. The van der Waals surface area contributed by atoms with Crippen molar-refractivity contribution in [2.24, 2.45) is 46.3 Å². The lowest BCUT2D eigenvalue weighted by atomic mass is 9.43. The van der Waals surface area contributed by atoms with Gasteiger partial charge >= 0.3 is 35.1 Å². The molecule has 52 heavy (non-hydrogen) atoms. The Morgan fingerprint density at radius 2 is 1.48 bits per heavy atom. The molecule has 3 unspecified atom stereocenters. The minimum Gasteiger partial charge on any atom is -0.743 e. The smallest absolute Gasteiger partial charge is 0.367 e. The van der Waals surface area contributed by atoms with Crippen LogP contribution in [-0.4, -0.2) is 79.6 Å². The first-order valence-electron chi connectivity index (χ1n) is 18.3. The molecule has 4 aliphatic rings. The molecule has 11 atom stereocenters. The van der Waals surface area contributed by atoms with Gasteiger partial charge in [-0.2, -0.15) is 8.78 Å². The van der Waals surface area contributed by atoms with E-state index in [2.05, 4.69) is 25.5 Å². The van der Waals surface area contributed by atoms with Crippen LogP contribution in [0.3, 0.4) is 0 Å². The highest BCUT2D eigenvalue weighted by molar-refractivity contribution is 7.86. The van der Waals surface area contributed by atoms with Gasteiger partial charge in [-0.3, -0.25) is 24.0 Å². The minimum absolute atomic E-state index is 0.0179. The largest absolute Gasteiger partial charge is 0.743 e. The van der Waals surface area contributed by atoms with Gasteiger partial charge < -0.3 is 28.2 Å². The van der Waals surface area contributed by atoms with Gasteiger partial charge in [-0.05, 0) is 92.8 Å². The molecule has 296 valence electrons. The first-order chi connectivity index (χ1) is 24.1. The summed E-state index contributed by atoms with van der Waals surface area (Å²) < 4.78 is 85.3. The van der Waals surface area contributed by atoms with Crippen LogP contribution >= 0.6 is 0 Å². The van der Waals surface area contributed by atoms with Crippen LogP contribution in [0.4, 0.5) is 8.78 Å². The van der Waals surface area contributed by atoms with E-state index < -0.39 is 51.9 Å². The second-order valence-corrected chi connectivity index (χ2v) is 17.4. The van der Waals surface area contributed by atoms with Crippen molar-refractivity contribution in [3.05, 3.63) is 0 Å². The normalized spacial score (nSPS) is 34.8. The summed E-state index contributed by atoms with van der Waals surface area (Å²) in [4.78, 5) is 61.2. The lowest BCUT2D eigenvalue weighted by Gasteiger charge is -2.64. The van der Waals surface area contributed by atoms with Gasteiger partial charge in [0.15, 0.2) is 16.7 Å². The number of carbonyl (C=O) groups excluding carboxylic acids is 5. The predicted molar refractivity (Wildman–Crippen MR) is 177 cm³/mol. The van der Waals surface area contributed by atoms with Crippen molar-refractivity contribution in [3.63, 3.8) is 0 Å². The molecule has 0 saturated heterocycles. The number of hydrogen-bond donors (Lipinski definition) is 0. The highest BCUT2D eigenvalue weighted by Crippen LogP contribution is 2.69. The monoisotopic (exact) mass is 763 g/mol. The van der Waals surface area contributed by atoms with Crippen LogP contribution in [-0.2, 0) is 57.8 Å². The molecule has 4 saturated carbocycles. The summed E-state index contributed by atoms with van der Waals surface area (Å²) in [5, 5.41) is -4.74. The van der Waals surface area contributed by atoms with Gasteiger partial charge in [0.1, 0.15) is 18.3 Å². The van der Waals surface area contributed by atoms with Gasteiger partial charge in [-0.1, -0.05) is 20.8 Å². The van der Waals surface area contributed by atoms with Crippen LogP contribution in [0.25, 0.3) is 0 Å². The summed E-state index contributed by atoms with van der Waals surface area (Å²) in [5.41, 5.74) is -0.597. The highest BCUT2D eigenvalue weighted by Gasteiger charge is 2.67. The standard InChI is InChI=1S/C36H54F2O13S/c1-20(9-12-32(43)47-15-7-8-31(42)48-19-36(37,38)52(44,45)46)26-10-11-27-33-28(18-30(35(26,27)6)51-23(4)41)34(5)14-13-25(49-21(2)39)16-24(34)17-29(33)50-22(3)40/h20,24-30,33H,7-19H2,1-6H3,(H,44,45,46)/p-1/t20-,24+,25?,26-,27+,28+,29?,30?,33+,34+,35-/m1/s1. The molecule has 16 heteroatoms. The van der Waals surface area contributed by atoms with E-state index in [1.807, 2.05) is 0 Å². The van der Waals surface area contributed by atoms with Crippen LogP contribution in [0.5, 0.6) is 0 Å². The number of alkyl halides is 2. The molecule has 4 fully saturated rings. The van der Waals surface area contributed by atoms with Crippen LogP contribution < -0.4 is 0 Å². The number of esters is 5. The van der Waals surface area contributed by atoms with Crippen molar-refractivity contribution in [1.29, 1.82) is 0 Å². The van der Waals surface area contributed by atoms with Crippen LogP contribution in [0, 0.1) is 46.3 Å². The molecule has 13 nitrogen and oxygen atoms in total. The van der Waals surface area contributed by atoms with E-state index in [-0.39, 0.29) is 90.5 Å². The predicted octanol–water partition coefficient (Wildman–Crippen LogP) is 5.08. The first-order valence-corrected chi connectivity index (χ1v) is 19.7. The highest BCUT2D eigenvalue weighted by atomic mass is 32.2. The molecular weight excluding hydrogens is 710 g/mol. The number of ether oxygens (including phenoxy) is 5. The van der Waals surface area contributed by atoms with Crippen molar-refractivity contribution < 1.29 is 69.4 Å². The minimum atomic E-state index is -5.98. The Kier molecular flexibility index (Phi) is 13.1. The Morgan fingerprint density at radius 3 is 2.10 bits per heavy atom. The molecule has 4 aliphatic carbocycles. The zero-order valence-electron chi connectivity index (χ0n) is 30.9. The van der Waals surface area contributed by atoms with E-state index in [4.69, 9.17) is 18.9 Å².